The number of allylic oxidation sites excluding steroid dienone is 5. The minimum absolute atomic E-state index is 0.116. The van der Waals surface area contributed by atoms with E-state index in [1.165, 1.54) is 0 Å². The topological polar surface area (TPSA) is 34.1 Å². The molecule has 1 aromatic carbocycles. The summed E-state index contributed by atoms with van der Waals surface area (Å²) in [6.07, 6.45) is 3.62. The van der Waals surface area contributed by atoms with Crippen LogP contribution in [0.5, 0.6) is 0 Å². The number of benzene rings is 1. The van der Waals surface area contributed by atoms with E-state index in [2.05, 4.69) is 22.5 Å². The van der Waals surface area contributed by atoms with Crippen LogP contribution in [-0.2, 0) is 9.84 Å². The largest absolute Gasteiger partial charge is 0.219 e. The van der Waals surface area contributed by atoms with Crippen molar-refractivity contribution in [2.24, 2.45) is 5.92 Å². The van der Waals surface area contributed by atoms with Crippen molar-refractivity contribution in [3.8, 4) is 0 Å². The highest BCUT2D eigenvalue weighted by Crippen LogP contribution is 2.27. The van der Waals surface area contributed by atoms with Crippen molar-refractivity contribution in [1.29, 1.82) is 0 Å². The van der Waals surface area contributed by atoms with Crippen molar-refractivity contribution in [2.75, 3.05) is 0 Å². The predicted octanol–water partition coefficient (Wildman–Crippen LogP) is 5.29. The molecule has 0 aliphatic rings. The Morgan fingerprint density at radius 3 is 2.14 bits per heavy atom. The van der Waals surface area contributed by atoms with Crippen molar-refractivity contribution in [1.82, 2.24) is 0 Å². The van der Waals surface area contributed by atoms with Crippen LogP contribution in [0.4, 0.5) is 0 Å². The maximum atomic E-state index is 12.7. The molecule has 21 heavy (non-hydrogen) atoms. The van der Waals surface area contributed by atoms with E-state index in [0.717, 1.165) is 15.6 Å². The van der Waals surface area contributed by atoms with Gasteiger partial charge in [0.05, 0.1) is 4.90 Å². The third-order valence-electron chi connectivity index (χ3n) is 3.26. The lowest BCUT2D eigenvalue weighted by molar-refractivity contribution is 0.600. The lowest BCUT2D eigenvalue weighted by atomic mass is 10.0. The van der Waals surface area contributed by atoms with Crippen molar-refractivity contribution < 1.29 is 8.42 Å². The van der Waals surface area contributed by atoms with E-state index in [9.17, 15) is 8.42 Å². The summed E-state index contributed by atoms with van der Waals surface area (Å²) in [5.41, 5.74) is 1.76. The second-order valence-corrected chi connectivity index (χ2v) is 8.22. The van der Waals surface area contributed by atoms with Gasteiger partial charge in [0.25, 0.3) is 0 Å². The van der Waals surface area contributed by atoms with Gasteiger partial charge in [-0.25, -0.2) is 8.42 Å². The molecule has 0 unspecified atom stereocenters. The second-order valence-electron chi connectivity index (χ2n) is 5.22. The Balaban J connectivity index is 3.48. The summed E-state index contributed by atoms with van der Waals surface area (Å²) in [6, 6.07) is 6.70. The first-order chi connectivity index (χ1) is 9.70. The van der Waals surface area contributed by atoms with Crippen LogP contribution in [0.1, 0.15) is 27.7 Å². The number of hydrogen-bond acceptors (Lipinski definition) is 2. The highest BCUT2D eigenvalue weighted by Gasteiger charge is 2.21. The second kappa shape index (κ2) is 7.23. The van der Waals surface area contributed by atoms with Gasteiger partial charge in [-0.05, 0) is 49.6 Å². The molecule has 0 aliphatic carbocycles. The van der Waals surface area contributed by atoms with E-state index >= 15 is 0 Å². The van der Waals surface area contributed by atoms with Gasteiger partial charge in [0, 0.05) is 9.38 Å². The molecule has 0 spiro atoms. The number of hydrogen-bond donors (Lipinski definition) is 0. The van der Waals surface area contributed by atoms with Crippen molar-refractivity contribution in [3.05, 3.63) is 63.5 Å². The Morgan fingerprint density at radius 1 is 1.19 bits per heavy atom. The van der Waals surface area contributed by atoms with Gasteiger partial charge in [-0.3, -0.25) is 0 Å². The minimum Gasteiger partial charge on any atom is -0.219 e. The molecule has 0 saturated heterocycles. The Labute approximate surface area is 136 Å². The molecule has 0 atom stereocenters. The van der Waals surface area contributed by atoms with Gasteiger partial charge < -0.3 is 0 Å². The van der Waals surface area contributed by atoms with Crippen molar-refractivity contribution in [3.63, 3.8) is 0 Å². The monoisotopic (exact) mass is 368 g/mol. The summed E-state index contributed by atoms with van der Waals surface area (Å²) in [6.45, 7) is 11.3. The maximum absolute atomic E-state index is 12.7. The minimum atomic E-state index is -3.47. The molecule has 0 heterocycles. The Kier molecular flexibility index (Phi) is 6.17. The first-order valence-corrected chi connectivity index (χ1v) is 9.00. The van der Waals surface area contributed by atoms with E-state index in [0.29, 0.717) is 9.80 Å². The first kappa shape index (κ1) is 17.9. The zero-order valence-corrected chi connectivity index (χ0v) is 15.3. The fourth-order valence-electron chi connectivity index (χ4n) is 1.92. The summed E-state index contributed by atoms with van der Waals surface area (Å²) in [5, 5.41) is 0. The average Bonchev–Trinajstić information content (AvgIpc) is 2.43. The van der Waals surface area contributed by atoms with Gasteiger partial charge in [-0.2, -0.15) is 0 Å². The van der Waals surface area contributed by atoms with Gasteiger partial charge >= 0.3 is 0 Å². The van der Waals surface area contributed by atoms with Gasteiger partial charge in [0.1, 0.15) is 0 Å². The lowest BCUT2D eigenvalue weighted by Crippen LogP contribution is -2.07. The maximum Gasteiger partial charge on any atom is 0.202 e. The molecular formula is C17H21BrO2S. The van der Waals surface area contributed by atoms with Crippen LogP contribution in [0.3, 0.4) is 0 Å². The summed E-state index contributed by atoms with van der Waals surface area (Å²) in [7, 11) is -3.47. The standard InChI is InChI=1S/C17H21BrO2S/c1-6-13(4)11-17(12(2)3)14(5)21(19,20)16-9-7-15(18)8-10-16/h6-12H,1H2,2-5H3/b13-11-,17-14-. The fourth-order valence-corrected chi connectivity index (χ4v) is 3.64. The molecule has 0 fully saturated rings. The summed E-state index contributed by atoms with van der Waals surface area (Å²) in [4.78, 5) is 0.701. The van der Waals surface area contributed by atoms with Crippen LogP contribution in [0.25, 0.3) is 0 Å². The SMILES string of the molecule is C=C/C(C)=C\C(=C(/C)S(=O)(=O)c1ccc(Br)cc1)C(C)C. The smallest absolute Gasteiger partial charge is 0.202 e. The molecule has 0 amide bonds. The molecule has 0 saturated carbocycles. The fraction of sp³-hybridized carbons (Fsp3) is 0.294. The summed E-state index contributed by atoms with van der Waals surface area (Å²) < 4.78 is 26.3. The quantitative estimate of drug-likeness (QED) is 0.662. The molecule has 2 nitrogen and oxygen atoms in total. The predicted molar refractivity (Wildman–Crippen MR) is 92.8 cm³/mol. The average molecular weight is 369 g/mol. The van der Waals surface area contributed by atoms with E-state index in [1.807, 2.05) is 26.8 Å². The van der Waals surface area contributed by atoms with E-state index in [4.69, 9.17) is 0 Å². The van der Waals surface area contributed by atoms with Crippen molar-refractivity contribution >= 4 is 25.8 Å². The van der Waals surface area contributed by atoms with Crippen LogP contribution < -0.4 is 0 Å². The van der Waals surface area contributed by atoms with Crippen LogP contribution in [-0.4, -0.2) is 8.42 Å². The van der Waals surface area contributed by atoms with Crippen LogP contribution in [0.15, 0.2) is 68.4 Å². The molecule has 0 aromatic heterocycles. The molecule has 0 bridgehead atoms. The zero-order valence-electron chi connectivity index (χ0n) is 12.9. The molecule has 0 aliphatic heterocycles. The Bertz CT molecular complexity index is 678. The highest BCUT2D eigenvalue weighted by atomic mass is 79.9. The molecule has 1 rings (SSSR count). The van der Waals surface area contributed by atoms with Crippen LogP contribution in [0, 0.1) is 5.92 Å². The van der Waals surface area contributed by atoms with Gasteiger partial charge in [-0.1, -0.05) is 54.1 Å². The Hall–Kier alpha value is -1.13. The van der Waals surface area contributed by atoms with Crippen molar-refractivity contribution in [2.45, 2.75) is 32.6 Å². The van der Waals surface area contributed by atoms with E-state index in [-0.39, 0.29) is 5.92 Å². The molecule has 4 heteroatoms. The zero-order chi connectivity index (χ0) is 16.2. The van der Waals surface area contributed by atoms with Gasteiger partial charge in [-0.15, -0.1) is 0 Å². The van der Waals surface area contributed by atoms with E-state index < -0.39 is 9.84 Å². The number of sulfone groups is 1. The highest BCUT2D eigenvalue weighted by molar-refractivity contribution is 9.10. The lowest BCUT2D eigenvalue weighted by Gasteiger charge is -2.14. The Morgan fingerprint density at radius 2 is 1.71 bits per heavy atom. The summed E-state index contributed by atoms with van der Waals surface area (Å²) in [5.74, 6) is 0.116. The summed E-state index contributed by atoms with van der Waals surface area (Å²) >= 11 is 3.32. The molecular weight excluding hydrogens is 348 g/mol. The van der Waals surface area contributed by atoms with Crippen LogP contribution in [0.2, 0.25) is 0 Å². The molecule has 0 radical (unpaired) electrons. The normalized spacial score (nSPS) is 14.1. The molecule has 0 N–H and O–H groups in total. The first-order valence-electron chi connectivity index (χ1n) is 6.72. The molecule has 114 valence electrons. The van der Waals surface area contributed by atoms with E-state index in [1.54, 1.807) is 37.3 Å². The van der Waals surface area contributed by atoms with Gasteiger partial charge in [0.15, 0.2) is 0 Å². The number of rotatable bonds is 5. The van der Waals surface area contributed by atoms with Crippen LogP contribution >= 0.6 is 15.9 Å². The third kappa shape index (κ3) is 4.42. The number of halogens is 1. The third-order valence-corrected chi connectivity index (χ3v) is 5.72. The molecule has 1 aromatic rings. The van der Waals surface area contributed by atoms with Gasteiger partial charge in [0.2, 0.25) is 9.84 Å².